The fourth-order valence-corrected chi connectivity index (χ4v) is 5.38. The number of rotatable bonds is 7. The molecule has 162 valence electrons. The summed E-state index contributed by atoms with van der Waals surface area (Å²) in [6.07, 6.45) is 1.62. The molecular weight excluding hydrogens is 412 g/mol. The van der Waals surface area contributed by atoms with Gasteiger partial charge in [-0.05, 0) is 25.0 Å². The summed E-state index contributed by atoms with van der Waals surface area (Å²) in [6, 6.07) is 5.23. The van der Waals surface area contributed by atoms with E-state index in [9.17, 15) is 22.8 Å². The Balaban J connectivity index is 1.75. The van der Waals surface area contributed by atoms with E-state index >= 15 is 0 Å². The molecule has 2 aliphatic heterocycles. The average molecular weight is 436 g/mol. The minimum Gasteiger partial charge on any atom is -0.445 e. The van der Waals surface area contributed by atoms with Crippen LogP contribution in [0, 0.1) is 0 Å². The lowest BCUT2D eigenvalue weighted by molar-refractivity contribution is -0.122. The number of ketones is 1. The zero-order chi connectivity index (χ0) is 21.9. The van der Waals surface area contributed by atoms with Crippen molar-refractivity contribution in [1.29, 1.82) is 0 Å². The first-order valence-corrected chi connectivity index (χ1v) is 11.0. The molecule has 2 unspecified atom stereocenters. The van der Waals surface area contributed by atoms with Gasteiger partial charge in [0.25, 0.3) is 15.9 Å². The van der Waals surface area contributed by atoms with E-state index in [2.05, 4.69) is 6.58 Å². The highest BCUT2D eigenvalue weighted by atomic mass is 32.2. The van der Waals surface area contributed by atoms with E-state index in [1.54, 1.807) is 6.07 Å². The first-order chi connectivity index (χ1) is 14.3. The molecular formula is C20H24N2O7S. The van der Waals surface area contributed by atoms with Crippen LogP contribution in [-0.4, -0.2) is 74.4 Å². The maximum Gasteiger partial charge on any atom is 0.410 e. The minimum atomic E-state index is -4.08. The van der Waals surface area contributed by atoms with Crippen molar-refractivity contribution in [1.82, 2.24) is 9.21 Å². The van der Waals surface area contributed by atoms with E-state index in [1.165, 1.54) is 36.3 Å². The summed E-state index contributed by atoms with van der Waals surface area (Å²) < 4.78 is 36.5. The smallest absolute Gasteiger partial charge is 0.410 e. The Bertz CT molecular complexity index is 960. The second kappa shape index (κ2) is 8.97. The molecule has 0 radical (unpaired) electrons. The van der Waals surface area contributed by atoms with Crippen LogP contribution in [0.3, 0.4) is 0 Å². The van der Waals surface area contributed by atoms with Crippen LogP contribution in [0.5, 0.6) is 0 Å². The third-order valence-electron chi connectivity index (χ3n) is 5.25. The number of carbonyl (C=O) groups excluding carboxylic acids is 3. The van der Waals surface area contributed by atoms with Crippen molar-refractivity contribution in [3.63, 3.8) is 0 Å². The average Bonchev–Trinajstić information content (AvgIpc) is 2.93. The van der Waals surface area contributed by atoms with Crippen LogP contribution in [0.4, 0.5) is 4.79 Å². The first kappa shape index (κ1) is 22.0. The molecule has 0 aliphatic carbocycles. The van der Waals surface area contributed by atoms with Crippen molar-refractivity contribution in [3.8, 4) is 0 Å². The normalized spacial score (nSPS) is 22.5. The standard InChI is InChI=1S/C20H24N2O7S/c1-3-11-29-20(25)21-10-6-8-17(28-2)16(21)12-14(23)13-22-19(24)15-7-4-5-9-18(15)30(22,26)27/h3-5,7,9,16-17H,1,6,8,10-13H2,2H3. The SMILES string of the molecule is C=CCOC(=O)N1CCCC(OC)C1CC(=O)CN1C(=O)c2ccccc2S1(=O)=O. The second-order valence-electron chi connectivity index (χ2n) is 7.10. The van der Waals surface area contributed by atoms with Crippen LogP contribution < -0.4 is 0 Å². The molecule has 0 bridgehead atoms. The number of amides is 2. The van der Waals surface area contributed by atoms with Crippen molar-refractivity contribution in [2.45, 2.75) is 36.3 Å². The van der Waals surface area contributed by atoms with Gasteiger partial charge < -0.3 is 14.4 Å². The molecule has 0 saturated carbocycles. The molecule has 30 heavy (non-hydrogen) atoms. The largest absolute Gasteiger partial charge is 0.445 e. The number of benzene rings is 1. The number of carbonyl (C=O) groups is 3. The molecule has 2 heterocycles. The van der Waals surface area contributed by atoms with Gasteiger partial charge in [-0.2, -0.15) is 0 Å². The van der Waals surface area contributed by atoms with Crippen LogP contribution in [0.2, 0.25) is 0 Å². The number of piperidine rings is 1. The van der Waals surface area contributed by atoms with E-state index in [0.717, 1.165) is 0 Å². The summed E-state index contributed by atoms with van der Waals surface area (Å²) in [5, 5.41) is 0. The first-order valence-electron chi connectivity index (χ1n) is 9.56. The van der Waals surface area contributed by atoms with Gasteiger partial charge in [0.2, 0.25) is 0 Å². The number of fused-ring (bicyclic) bond motifs is 1. The molecule has 1 aromatic rings. The second-order valence-corrected chi connectivity index (χ2v) is 8.93. The molecule has 10 heteroatoms. The molecule has 0 aromatic heterocycles. The molecule has 1 aromatic carbocycles. The van der Waals surface area contributed by atoms with Crippen molar-refractivity contribution in [2.24, 2.45) is 0 Å². The summed E-state index contributed by atoms with van der Waals surface area (Å²) in [5.41, 5.74) is 0.0485. The van der Waals surface area contributed by atoms with Gasteiger partial charge in [-0.1, -0.05) is 24.8 Å². The number of methoxy groups -OCH3 is 1. The molecule has 1 saturated heterocycles. The van der Waals surface area contributed by atoms with Crippen LogP contribution in [-0.2, 0) is 24.3 Å². The molecule has 0 N–H and O–H groups in total. The van der Waals surface area contributed by atoms with Crippen LogP contribution >= 0.6 is 0 Å². The lowest BCUT2D eigenvalue weighted by atomic mass is 9.94. The quantitative estimate of drug-likeness (QED) is 0.597. The fraction of sp³-hybridized carbons (Fsp3) is 0.450. The highest BCUT2D eigenvalue weighted by Crippen LogP contribution is 2.30. The van der Waals surface area contributed by atoms with Gasteiger partial charge in [0.05, 0.1) is 24.3 Å². The van der Waals surface area contributed by atoms with Crippen molar-refractivity contribution >= 4 is 27.8 Å². The number of hydrogen-bond acceptors (Lipinski definition) is 7. The van der Waals surface area contributed by atoms with Gasteiger partial charge in [0.1, 0.15) is 11.5 Å². The number of likely N-dealkylation sites (tertiary alicyclic amines) is 1. The number of nitrogens with zero attached hydrogens (tertiary/aromatic N) is 2. The van der Waals surface area contributed by atoms with Gasteiger partial charge in [-0.25, -0.2) is 17.5 Å². The highest BCUT2D eigenvalue weighted by Gasteiger charge is 2.43. The predicted octanol–water partition coefficient (Wildman–Crippen LogP) is 1.59. The molecule has 1 fully saturated rings. The van der Waals surface area contributed by atoms with E-state index in [1.807, 2.05) is 0 Å². The Morgan fingerprint density at radius 1 is 1.30 bits per heavy atom. The van der Waals surface area contributed by atoms with E-state index < -0.39 is 46.5 Å². The monoisotopic (exact) mass is 436 g/mol. The molecule has 3 rings (SSSR count). The zero-order valence-corrected chi connectivity index (χ0v) is 17.5. The molecule has 2 amide bonds. The maximum atomic E-state index is 12.8. The van der Waals surface area contributed by atoms with Crippen LogP contribution in [0.1, 0.15) is 29.6 Å². The Labute approximate surface area is 175 Å². The van der Waals surface area contributed by atoms with Crippen molar-refractivity contribution < 1.29 is 32.3 Å². The molecule has 0 spiro atoms. The number of sulfonamides is 1. The highest BCUT2D eigenvalue weighted by molar-refractivity contribution is 7.90. The summed E-state index contributed by atoms with van der Waals surface area (Å²) in [6.45, 7) is 3.33. The number of hydrogen-bond donors (Lipinski definition) is 0. The number of Topliss-reactive ketones (excluding diaryl/α,β-unsaturated/α-hetero) is 1. The van der Waals surface area contributed by atoms with E-state index in [-0.39, 0.29) is 23.5 Å². The Morgan fingerprint density at radius 2 is 2.03 bits per heavy atom. The summed E-state index contributed by atoms with van der Waals surface area (Å²) in [4.78, 5) is 39.0. The van der Waals surface area contributed by atoms with Gasteiger partial charge in [-0.3, -0.25) is 9.59 Å². The van der Waals surface area contributed by atoms with Gasteiger partial charge in [0.15, 0.2) is 5.78 Å². The summed E-state index contributed by atoms with van der Waals surface area (Å²) >= 11 is 0. The summed E-state index contributed by atoms with van der Waals surface area (Å²) in [5.74, 6) is -1.22. The summed E-state index contributed by atoms with van der Waals surface area (Å²) in [7, 11) is -2.59. The lowest BCUT2D eigenvalue weighted by Gasteiger charge is -2.39. The Hall–Kier alpha value is -2.72. The van der Waals surface area contributed by atoms with Crippen molar-refractivity contribution in [3.05, 3.63) is 42.5 Å². The van der Waals surface area contributed by atoms with Gasteiger partial charge in [0, 0.05) is 20.1 Å². The van der Waals surface area contributed by atoms with E-state index in [4.69, 9.17) is 9.47 Å². The Morgan fingerprint density at radius 3 is 2.70 bits per heavy atom. The maximum absolute atomic E-state index is 12.8. The molecule has 2 atom stereocenters. The molecule has 2 aliphatic rings. The zero-order valence-electron chi connectivity index (χ0n) is 16.7. The topological polar surface area (TPSA) is 110 Å². The van der Waals surface area contributed by atoms with Gasteiger partial charge >= 0.3 is 6.09 Å². The van der Waals surface area contributed by atoms with Crippen LogP contribution in [0.25, 0.3) is 0 Å². The lowest BCUT2D eigenvalue weighted by Crippen LogP contribution is -2.53. The predicted molar refractivity (Wildman–Crippen MR) is 106 cm³/mol. The molecule has 9 nitrogen and oxygen atoms in total. The number of ether oxygens (including phenoxy) is 2. The van der Waals surface area contributed by atoms with E-state index in [0.29, 0.717) is 23.7 Å². The fourth-order valence-electron chi connectivity index (χ4n) is 3.82. The minimum absolute atomic E-state index is 0.0342. The van der Waals surface area contributed by atoms with Crippen molar-refractivity contribution in [2.75, 3.05) is 26.8 Å². The third kappa shape index (κ3) is 4.10. The van der Waals surface area contributed by atoms with Crippen LogP contribution in [0.15, 0.2) is 41.8 Å². The van der Waals surface area contributed by atoms with Gasteiger partial charge in [-0.15, -0.1) is 0 Å². The Kier molecular flexibility index (Phi) is 6.57. The third-order valence-corrected chi connectivity index (χ3v) is 7.03.